The summed E-state index contributed by atoms with van der Waals surface area (Å²) in [6.45, 7) is 2.84. The number of para-hydroxylation sites is 1. The Morgan fingerprint density at radius 2 is 2.17 bits per heavy atom. The monoisotopic (exact) mass is 412 g/mol. The van der Waals surface area contributed by atoms with E-state index >= 15 is 0 Å². The zero-order valence-electron chi connectivity index (χ0n) is 15.8. The van der Waals surface area contributed by atoms with Gasteiger partial charge in [0.1, 0.15) is 23.7 Å². The quantitative estimate of drug-likeness (QED) is 0.615. The Morgan fingerprint density at radius 3 is 3.03 bits per heavy atom. The number of fused-ring (bicyclic) bond motifs is 2. The molecule has 2 aromatic carbocycles. The predicted molar refractivity (Wildman–Crippen MR) is 109 cm³/mol. The maximum Gasteiger partial charge on any atom is 0.255 e. The SMILES string of the molecule is O=C(NC1(c2nc3ccc(Cl)cc3[nH]2)CCOC1)c1cccc2c1OCCNC2. The van der Waals surface area contributed by atoms with Crippen molar-refractivity contribution < 1.29 is 14.3 Å². The molecule has 0 spiro atoms. The molecule has 3 heterocycles. The van der Waals surface area contributed by atoms with Gasteiger partial charge < -0.3 is 25.1 Å². The summed E-state index contributed by atoms with van der Waals surface area (Å²) in [5.74, 6) is 1.11. The number of hydrogen-bond donors (Lipinski definition) is 3. The summed E-state index contributed by atoms with van der Waals surface area (Å²) in [5.41, 5.74) is 2.40. The van der Waals surface area contributed by atoms with Crippen molar-refractivity contribution >= 4 is 28.5 Å². The molecule has 1 amide bonds. The third-order valence-electron chi connectivity index (χ3n) is 5.45. The van der Waals surface area contributed by atoms with E-state index in [0.29, 0.717) is 54.9 Å². The van der Waals surface area contributed by atoms with E-state index in [0.717, 1.165) is 23.1 Å². The smallest absolute Gasteiger partial charge is 0.255 e. The number of carbonyl (C=O) groups is 1. The van der Waals surface area contributed by atoms with Crippen LogP contribution in [0.4, 0.5) is 0 Å². The Labute approximate surface area is 172 Å². The fourth-order valence-electron chi connectivity index (χ4n) is 3.92. The first-order valence-electron chi connectivity index (χ1n) is 9.66. The van der Waals surface area contributed by atoms with Crippen LogP contribution < -0.4 is 15.4 Å². The number of aromatic nitrogens is 2. The molecular weight excluding hydrogens is 392 g/mol. The number of halogens is 1. The van der Waals surface area contributed by atoms with Crippen molar-refractivity contribution in [3.8, 4) is 5.75 Å². The number of nitrogens with one attached hydrogen (secondary N) is 3. The zero-order chi connectivity index (χ0) is 19.8. The van der Waals surface area contributed by atoms with Gasteiger partial charge >= 0.3 is 0 Å². The molecule has 8 heteroatoms. The number of aromatic amines is 1. The maximum atomic E-state index is 13.3. The fourth-order valence-corrected chi connectivity index (χ4v) is 4.10. The average Bonchev–Trinajstić information content (AvgIpc) is 3.28. The molecule has 1 saturated heterocycles. The Bertz CT molecular complexity index is 1070. The van der Waals surface area contributed by atoms with Crippen LogP contribution in [0, 0.1) is 0 Å². The minimum atomic E-state index is -0.728. The number of nitrogens with zero attached hydrogens (tertiary/aromatic N) is 1. The molecule has 1 unspecified atom stereocenters. The summed E-state index contributed by atoms with van der Waals surface area (Å²) in [4.78, 5) is 21.3. The largest absolute Gasteiger partial charge is 0.491 e. The summed E-state index contributed by atoms with van der Waals surface area (Å²) in [6.07, 6.45) is 0.629. The first kappa shape index (κ1) is 18.4. The van der Waals surface area contributed by atoms with Gasteiger partial charge in [-0.3, -0.25) is 4.79 Å². The van der Waals surface area contributed by atoms with Crippen LogP contribution in [0.5, 0.6) is 5.75 Å². The summed E-state index contributed by atoms with van der Waals surface area (Å²) < 4.78 is 11.5. The van der Waals surface area contributed by atoms with Crippen molar-refractivity contribution in [1.82, 2.24) is 20.6 Å². The van der Waals surface area contributed by atoms with Crippen molar-refractivity contribution in [1.29, 1.82) is 0 Å². The van der Waals surface area contributed by atoms with Crippen LogP contribution in [0.2, 0.25) is 5.02 Å². The standard InChI is InChI=1S/C21H21ClN4O3/c22-14-4-5-16-17(10-14)25-20(24-16)21(6-8-28-12-21)26-19(27)15-3-1-2-13-11-23-7-9-29-18(13)15/h1-5,10,23H,6-9,11-12H2,(H,24,25)(H,26,27). The molecule has 29 heavy (non-hydrogen) atoms. The van der Waals surface area contributed by atoms with Gasteiger partial charge in [-0.1, -0.05) is 23.7 Å². The van der Waals surface area contributed by atoms with Crippen LogP contribution in [-0.4, -0.2) is 42.2 Å². The number of benzene rings is 2. The van der Waals surface area contributed by atoms with Gasteiger partial charge in [0.05, 0.1) is 23.2 Å². The van der Waals surface area contributed by atoms with Crippen LogP contribution in [-0.2, 0) is 16.8 Å². The molecule has 2 aliphatic heterocycles. The molecular formula is C21H21ClN4O3. The second kappa shape index (κ2) is 7.33. The fraction of sp³-hybridized carbons (Fsp3) is 0.333. The molecule has 2 aliphatic rings. The van der Waals surface area contributed by atoms with E-state index in [1.54, 1.807) is 12.1 Å². The number of rotatable bonds is 3. The lowest BCUT2D eigenvalue weighted by molar-refractivity contribution is 0.0866. The van der Waals surface area contributed by atoms with E-state index in [9.17, 15) is 4.79 Å². The molecule has 0 aliphatic carbocycles. The van der Waals surface area contributed by atoms with E-state index in [2.05, 4.69) is 15.6 Å². The summed E-state index contributed by atoms with van der Waals surface area (Å²) in [6, 6.07) is 11.1. The van der Waals surface area contributed by atoms with Crippen molar-refractivity contribution in [2.45, 2.75) is 18.5 Å². The lowest BCUT2D eigenvalue weighted by atomic mass is 9.96. The number of hydrogen-bond acceptors (Lipinski definition) is 5. The number of amides is 1. The van der Waals surface area contributed by atoms with Crippen molar-refractivity contribution in [2.24, 2.45) is 0 Å². The topological polar surface area (TPSA) is 88.3 Å². The number of imidazole rings is 1. The van der Waals surface area contributed by atoms with Gasteiger partial charge in [0.25, 0.3) is 5.91 Å². The third-order valence-corrected chi connectivity index (χ3v) is 5.69. The number of ether oxygens (including phenoxy) is 2. The Morgan fingerprint density at radius 1 is 1.24 bits per heavy atom. The summed E-state index contributed by atoms with van der Waals surface area (Å²) in [5, 5.41) is 7.10. The molecule has 7 nitrogen and oxygen atoms in total. The van der Waals surface area contributed by atoms with Crippen molar-refractivity contribution in [2.75, 3.05) is 26.4 Å². The Kier molecular flexibility index (Phi) is 4.66. The van der Waals surface area contributed by atoms with Gasteiger partial charge in [-0.2, -0.15) is 0 Å². The van der Waals surface area contributed by atoms with Gasteiger partial charge in [-0.25, -0.2) is 4.98 Å². The van der Waals surface area contributed by atoms with Gasteiger partial charge in [0.2, 0.25) is 0 Å². The number of carbonyl (C=O) groups excluding carboxylic acids is 1. The molecule has 3 N–H and O–H groups in total. The lowest BCUT2D eigenvalue weighted by Gasteiger charge is -2.27. The minimum absolute atomic E-state index is 0.201. The molecule has 3 aromatic rings. The molecule has 1 fully saturated rings. The van der Waals surface area contributed by atoms with E-state index in [1.807, 2.05) is 24.3 Å². The van der Waals surface area contributed by atoms with E-state index in [4.69, 9.17) is 26.1 Å². The maximum absolute atomic E-state index is 13.3. The van der Waals surface area contributed by atoms with E-state index in [-0.39, 0.29) is 5.91 Å². The number of H-pyrrole nitrogens is 1. The zero-order valence-corrected chi connectivity index (χ0v) is 16.5. The van der Waals surface area contributed by atoms with Gasteiger partial charge in [0, 0.05) is 36.7 Å². The normalized spacial score (nSPS) is 21.4. The molecule has 0 radical (unpaired) electrons. The Balaban J connectivity index is 1.50. The average molecular weight is 413 g/mol. The van der Waals surface area contributed by atoms with Gasteiger partial charge in [-0.15, -0.1) is 0 Å². The highest BCUT2D eigenvalue weighted by Crippen LogP contribution is 2.33. The predicted octanol–water partition coefficient (Wildman–Crippen LogP) is 2.74. The molecule has 0 saturated carbocycles. The molecule has 5 rings (SSSR count). The Hall–Kier alpha value is -2.61. The first-order chi connectivity index (χ1) is 14.1. The highest BCUT2D eigenvalue weighted by atomic mass is 35.5. The second-order valence-electron chi connectivity index (χ2n) is 7.40. The van der Waals surface area contributed by atoms with Gasteiger partial charge in [-0.05, 0) is 24.3 Å². The summed E-state index contributed by atoms with van der Waals surface area (Å²) in [7, 11) is 0. The second-order valence-corrected chi connectivity index (χ2v) is 7.84. The van der Waals surface area contributed by atoms with Crippen LogP contribution in [0.3, 0.4) is 0 Å². The van der Waals surface area contributed by atoms with Crippen LogP contribution in [0.1, 0.15) is 28.2 Å². The van der Waals surface area contributed by atoms with Crippen LogP contribution >= 0.6 is 11.6 Å². The first-order valence-corrected chi connectivity index (χ1v) is 10.0. The lowest BCUT2D eigenvalue weighted by Crippen LogP contribution is -2.47. The van der Waals surface area contributed by atoms with Crippen molar-refractivity contribution in [3.63, 3.8) is 0 Å². The highest BCUT2D eigenvalue weighted by Gasteiger charge is 2.41. The molecule has 0 bridgehead atoms. The van der Waals surface area contributed by atoms with Gasteiger partial charge in [0.15, 0.2) is 0 Å². The third kappa shape index (κ3) is 3.35. The molecule has 1 atom stereocenters. The minimum Gasteiger partial charge on any atom is -0.491 e. The van der Waals surface area contributed by atoms with Crippen molar-refractivity contribution in [3.05, 3.63) is 58.4 Å². The highest BCUT2D eigenvalue weighted by molar-refractivity contribution is 6.31. The van der Waals surface area contributed by atoms with Crippen LogP contribution in [0.25, 0.3) is 11.0 Å². The van der Waals surface area contributed by atoms with E-state index in [1.165, 1.54) is 0 Å². The summed E-state index contributed by atoms with van der Waals surface area (Å²) >= 11 is 6.11. The molecule has 1 aromatic heterocycles. The molecule has 150 valence electrons. The van der Waals surface area contributed by atoms with E-state index < -0.39 is 5.54 Å². The van der Waals surface area contributed by atoms with Crippen LogP contribution in [0.15, 0.2) is 36.4 Å².